The molecule has 0 aliphatic rings. The highest BCUT2D eigenvalue weighted by molar-refractivity contribution is 5.92. The molecule has 0 aliphatic heterocycles. The van der Waals surface area contributed by atoms with Crippen molar-refractivity contribution in [2.24, 2.45) is 0 Å². The molecular formula is C19H14F4N6O2. The molecule has 4 rings (SSSR count). The van der Waals surface area contributed by atoms with E-state index >= 15 is 0 Å². The zero-order valence-electron chi connectivity index (χ0n) is 16.1. The van der Waals surface area contributed by atoms with Gasteiger partial charge in [0.2, 0.25) is 0 Å². The van der Waals surface area contributed by atoms with Crippen LogP contribution in [0.1, 0.15) is 21.6 Å². The maximum atomic E-state index is 14.4. The lowest BCUT2D eigenvalue weighted by Gasteiger charge is -2.11. The van der Waals surface area contributed by atoms with Gasteiger partial charge in [0, 0.05) is 24.3 Å². The predicted molar refractivity (Wildman–Crippen MR) is 101 cm³/mol. The maximum Gasteiger partial charge on any atom is 0.435 e. The molecule has 160 valence electrons. The second kappa shape index (κ2) is 7.38. The number of carbonyl (C=O) groups is 1. The summed E-state index contributed by atoms with van der Waals surface area (Å²) < 4.78 is 60.1. The summed E-state index contributed by atoms with van der Waals surface area (Å²) in [7, 11) is 1.15. The Morgan fingerprint density at radius 3 is 2.71 bits per heavy atom. The van der Waals surface area contributed by atoms with Gasteiger partial charge in [-0.15, -0.1) is 0 Å². The van der Waals surface area contributed by atoms with E-state index in [4.69, 9.17) is 0 Å². The topological polar surface area (TPSA) is 97.2 Å². The fraction of sp³-hybridized carbons (Fsp3) is 0.158. The van der Waals surface area contributed by atoms with Crippen molar-refractivity contribution in [1.29, 1.82) is 0 Å². The summed E-state index contributed by atoms with van der Waals surface area (Å²) in [4.78, 5) is 20.0. The van der Waals surface area contributed by atoms with E-state index in [1.54, 1.807) is 6.92 Å². The summed E-state index contributed by atoms with van der Waals surface area (Å²) in [5, 5.41) is 8.39. The standard InChI is InChI=1S/C19H14F4N6O2/c1-9-5-10(6-12(20)14(9)18(30)31-2)27-16-17-25-8-13(29(17)4-3-24-16)11-7-26-28-15(11)19(21,22)23/h3-8H,1-2H3,(H,24,27)(H,26,28). The minimum absolute atomic E-state index is 0.143. The van der Waals surface area contributed by atoms with Gasteiger partial charge in [-0.1, -0.05) is 0 Å². The molecular weight excluding hydrogens is 420 g/mol. The van der Waals surface area contributed by atoms with Crippen LogP contribution in [0.5, 0.6) is 0 Å². The number of rotatable bonds is 4. The number of nitrogens with one attached hydrogen (secondary N) is 2. The summed E-state index contributed by atoms with van der Waals surface area (Å²) in [5.41, 5.74) is -0.488. The van der Waals surface area contributed by atoms with Gasteiger partial charge in [-0.05, 0) is 24.6 Å². The molecule has 4 aromatic rings. The van der Waals surface area contributed by atoms with Crippen molar-refractivity contribution < 1.29 is 27.1 Å². The molecule has 0 bridgehead atoms. The Hall–Kier alpha value is -3.96. The molecule has 3 aromatic heterocycles. The Balaban J connectivity index is 1.75. The third kappa shape index (κ3) is 3.56. The van der Waals surface area contributed by atoms with Crippen LogP contribution in [0.4, 0.5) is 29.1 Å². The molecule has 0 saturated heterocycles. The van der Waals surface area contributed by atoms with E-state index in [-0.39, 0.29) is 34.0 Å². The van der Waals surface area contributed by atoms with Crippen molar-refractivity contribution >= 4 is 23.1 Å². The number of anilines is 2. The van der Waals surface area contributed by atoms with Crippen molar-refractivity contribution in [3.63, 3.8) is 0 Å². The van der Waals surface area contributed by atoms with Crippen LogP contribution in [-0.2, 0) is 10.9 Å². The van der Waals surface area contributed by atoms with Crippen molar-refractivity contribution in [3.05, 3.63) is 59.6 Å². The van der Waals surface area contributed by atoms with Crippen molar-refractivity contribution in [2.45, 2.75) is 13.1 Å². The number of H-pyrrole nitrogens is 1. The molecule has 0 fully saturated rings. The molecule has 3 heterocycles. The van der Waals surface area contributed by atoms with Gasteiger partial charge in [0.1, 0.15) is 5.82 Å². The number of aromatic nitrogens is 5. The zero-order valence-corrected chi connectivity index (χ0v) is 16.1. The zero-order chi connectivity index (χ0) is 22.3. The van der Waals surface area contributed by atoms with Gasteiger partial charge in [0.25, 0.3) is 0 Å². The van der Waals surface area contributed by atoms with Crippen LogP contribution in [0.25, 0.3) is 16.9 Å². The monoisotopic (exact) mass is 434 g/mol. The van der Waals surface area contributed by atoms with Crippen LogP contribution in [0.15, 0.2) is 36.9 Å². The molecule has 1 aromatic carbocycles. The highest BCUT2D eigenvalue weighted by Gasteiger charge is 2.37. The number of aromatic amines is 1. The average molecular weight is 434 g/mol. The second-order valence-electron chi connectivity index (χ2n) is 6.52. The summed E-state index contributed by atoms with van der Waals surface area (Å²) in [6.07, 6.45) is 0.546. The number of hydrogen-bond donors (Lipinski definition) is 2. The Labute approximate surface area is 171 Å². The van der Waals surface area contributed by atoms with Crippen LogP contribution < -0.4 is 5.32 Å². The number of fused-ring (bicyclic) bond motifs is 1. The van der Waals surface area contributed by atoms with E-state index in [2.05, 4.69) is 30.2 Å². The Morgan fingerprint density at radius 1 is 1.26 bits per heavy atom. The Kier molecular flexibility index (Phi) is 4.84. The van der Waals surface area contributed by atoms with Gasteiger partial charge in [0.15, 0.2) is 17.2 Å². The first kappa shape index (κ1) is 20.3. The number of aryl methyl sites for hydroxylation is 1. The fourth-order valence-corrected chi connectivity index (χ4v) is 3.22. The van der Waals surface area contributed by atoms with Crippen molar-refractivity contribution in [2.75, 3.05) is 12.4 Å². The highest BCUT2D eigenvalue weighted by atomic mass is 19.4. The van der Waals surface area contributed by atoms with Crippen molar-refractivity contribution in [3.8, 4) is 11.3 Å². The first-order valence-electron chi connectivity index (χ1n) is 8.79. The van der Waals surface area contributed by atoms with Gasteiger partial charge in [-0.2, -0.15) is 18.3 Å². The predicted octanol–water partition coefficient (Wildman–Crippen LogP) is 4.12. The first-order chi connectivity index (χ1) is 14.7. The number of methoxy groups -OCH3 is 1. The third-order valence-electron chi connectivity index (χ3n) is 4.55. The molecule has 31 heavy (non-hydrogen) atoms. The number of hydrogen-bond acceptors (Lipinski definition) is 6. The lowest BCUT2D eigenvalue weighted by Crippen LogP contribution is -2.08. The molecule has 0 atom stereocenters. The molecule has 0 unspecified atom stereocenters. The molecule has 2 N–H and O–H groups in total. The third-order valence-corrected chi connectivity index (χ3v) is 4.55. The Bertz CT molecular complexity index is 1270. The van der Waals surface area contributed by atoms with Gasteiger partial charge >= 0.3 is 12.1 Å². The SMILES string of the molecule is COC(=O)c1c(C)cc(Nc2nccn3c(-c4c[nH]nc4C(F)(F)F)cnc23)cc1F. The molecule has 8 nitrogen and oxygen atoms in total. The van der Waals surface area contributed by atoms with E-state index < -0.39 is 23.7 Å². The second-order valence-corrected chi connectivity index (χ2v) is 6.52. The van der Waals surface area contributed by atoms with Crippen LogP contribution >= 0.6 is 0 Å². The lowest BCUT2D eigenvalue weighted by atomic mass is 10.1. The quantitative estimate of drug-likeness (QED) is 0.371. The number of alkyl halides is 3. The smallest absolute Gasteiger partial charge is 0.435 e. The normalized spacial score (nSPS) is 11.7. The summed E-state index contributed by atoms with van der Waals surface area (Å²) >= 11 is 0. The Morgan fingerprint density at radius 2 is 2.03 bits per heavy atom. The molecule has 12 heteroatoms. The number of halogens is 4. The molecule has 0 aliphatic carbocycles. The van der Waals surface area contributed by atoms with E-state index in [9.17, 15) is 22.4 Å². The molecule has 0 spiro atoms. The maximum absolute atomic E-state index is 14.4. The van der Waals surface area contributed by atoms with Gasteiger partial charge in [-0.3, -0.25) is 9.50 Å². The van der Waals surface area contributed by atoms with Crippen LogP contribution in [0.2, 0.25) is 0 Å². The van der Waals surface area contributed by atoms with Crippen LogP contribution in [-0.4, -0.2) is 37.6 Å². The number of nitrogens with zero attached hydrogens (tertiary/aromatic N) is 4. The largest absolute Gasteiger partial charge is 0.465 e. The lowest BCUT2D eigenvalue weighted by molar-refractivity contribution is -0.140. The van der Waals surface area contributed by atoms with Gasteiger partial charge < -0.3 is 10.1 Å². The van der Waals surface area contributed by atoms with E-state index in [0.29, 0.717) is 5.56 Å². The van der Waals surface area contributed by atoms with E-state index in [0.717, 1.165) is 19.4 Å². The fourth-order valence-electron chi connectivity index (χ4n) is 3.22. The minimum atomic E-state index is -4.65. The molecule has 0 amide bonds. The van der Waals surface area contributed by atoms with E-state index in [1.807, 2.05) is 0 Å². The van der Waals surface area contributed by atoms with E-state index in [1.165, 1.54) is 29.1 Å². The number of carbonyl (C=O) groups excluding carboxylic acids is 1. The summed E-state index contributed by atoms with van der Waals surface area (Å²) in [6.45, 7) is 1.54. The number of ether oxygens (including phenoxy) is 1. The van der Waals surface area contributed by atoms with Crippen molar-refractivity contribution in [1.82, 2.24) is 24.6 Å². The molecule has 0 radical (unpaired) electrons. The van der Waals surface area contributed by atoms with Gasteiger partial charge in [-0.25, -0.2) is 19.2 Å². The number of benzene rings is 1. The van der Waals surface area contributed by atoms with Crippen LogP contribution in [0.3, 0.4) is 0 Å². The summed E-state index contributed by atoms with van der Waals surface area (Å²) in [6, 6.07) is 2.61. The van der Waals surface area contributed by atoms with Crippen LogP contribution in [0, 0.1) is 12.7 Å². The average Bonchev–Trinajstić information content (AvgIpc) is 3.34. The number of imidazole rings is 1. The van der Waals surface area contributed by atoms with Gasteiger partial charge in [0.05, 0.1) is 30.1 Å². The molecule has 0 saturated carbocycles. The summed E-state index contributed by atoms with van der Waals surface area (Å²) in [5.74, 6) is -1.42. The highest BCUT2D eigenvalue weighted by Crippen LogP contribution is 2.36. The minimum Gasteiger partial charge on any atom is -0.465 e. The number of esters is 1. The first-order valence-corrected chi connectivity index (χ1v) is 8.79.